The average Bonchev–Trinajstić information content (AvgIpc) is 3.60. The van der Waals surface area contributed by atoms with Crippen molar-refractivity contribution in [1.82, 2.24) is 10.2 Å². The highest BCUT2D eigenvalue weighted by Crippen LogP contribution is 2.32. The van der Waals surface area contributed by atoms with E-state index in [2.05, 4.69) is 10.6 Å². The fourth-order valence-corrected chi connectivity index (χ4v) is 4.29. The van der Waals surface area contributed by atoms with Gasteiger partial charge in [-0.3, -0.25) is 14.4 Å². The summed E-state index contributed by atoms with van der Waals surface area (Å²) in [5.41, 5.74) is 0.896. The van der Waals surface area contributed by atoms with Crippen molar-refractivity contribution in [2.24, 2.45) is 5.92 Å². The van der Waals surface area contributed by atoms with E-state index in [4.69, 9.17) is 14.2 Å². The summed E-state index contributed by atoms with van der Waals surface area (Å²) in [7, 11) is 3.21. The second kappa shape index (κ2) is 9.87. The summed E-state index contributed by atoms with van der Waals surface area (Å²) in [5.74, 6) is 0.612. The first-order chi connectivity index (χ1) is 15.4. The first kappa shape index (κ1) is 22.5. The van der Waals surface area contributed by atoms with Gasteiger partial charge in [-0.25, -0.2) is 0 Å². The molecule has 3 atom stereocenters. The predicted molar refractivity (Wildman–Crippen MR) is 117 cm³/mol. The number of nitrogens with one attached hydrogen (secondary N) is 2. The second-order valence-corrected chi connectivity index (χ2v) is 8.81. The number of methoxy groups -OCH3 is 1. The van der Waals surface area contributed by atoms with E-state index in [0.29, 0.717) is 35.8 Å². The number of amides is 3. The van der Waals surface area contributed by atoms with Crippen LogP contribution in [0, 0.1) is 5.92 Å². The lowest BCUT2D eigenvalue weighted by Gasteiger charge is -2.42. The highest BCUT2D eigenvalue weighted by atomic mass is 16.5. The van der Waals surface area contributed by atoms with Crippen molar-refractivity contribution in [3.05, 3.63) is 23.8 Å². The minimum Gasteiger partial charge on any atom is -0.490 e. The predicted octanol–water partition coefficient (Wildman–Crippen LogP) is 1.57. The molecular weight excluding hydrogens is 414 g/mol. The van der Waals surface area contributed by atoms with Gasteiger partial charge in [0, 0.05) is 26.4 Å². The SMILES string of the molecule is COCC(=O)Nc1ccc2c(c1)C(=O)N(C)[C@@H]1CC[C@@H](CC(=O)NCC3CC3)O[C@@H]1CO2. The molecule has 174 valence electrons. The average molecular weight is 446 g/mol. The molecule has 4 rings (SSSR count). The fourth-order valence-electron chi connectivity index (χ4n) is 4.29. The van der Waals surface area contributed by atoms with Crippen molar-refractivity contribution in [3.8, 4) is 5.75 Å². The van der Waals surface area contributed by atoms with Crippen LogP contribution in [0.4, 0.5) is 5.69 Å². The summed E-state index contributed by atoms with van der Waals surface area (Å²) >= 11 is 0. The van der Waals surface area contributed by atoms with Crippen molar-refractivity contribution < 1.29 is 28.6 Å². The van der Waals surface area contributed by atoms with E-state index in [1.54, 1.807) is 30.1 Å². The van der Waals surface area contributed by atoms with Crippen LogP contribution < -0.4 is 15.4 Å². The van der Waals surface area contributed by atoms with Gasteiger partial charge in [0.1, 0.15) is 25.1 Å². The summed E-state index contributed by atoms with van der Waals surface area (Å²) in [5, 5.41) is 5.70. The fraction of sp³-hybridized carbons (Fsp3) is 0.609. The van der Waals surface area contributed by atoms with Gasteiger partial charge in [-0.2, -0.15) is 0 Å². The second-order valence-electron chi connectivity index (χ2n) is 8.81. The molecule has 1 aromatic rings. The topological polar surface area (TPSA) is 106 Å². The largest absolute Gasteiger partial charge is 0.490 e. The number of hydrogen-bond donors (Lipinski definition) is 2. The Hall–Kier alpha value is -2.65. The zero-order valence-electron chi connectivity index (χ0n) is 18.6. The Labute approximate surface area is 187 Å². The third-order valence-electron chi connectivity index (χ3n) is 6.27. The molecule has 3 amide bonds. The van der Waals surface area contributed by atoms with Gasteiger partial charge in [0.25, 0.3) is 5.91 Å². The number of fused-ring (bicyclic) bond motifs is 2. The molecule has 0 aromatic heterocycles. The lowest BCUT2D eigenvalue weighted by Crippen LogP contribution is -2.54. The van der Waals surface area contributed by atoms with Crippen LogP contribution in [0.15, 0.2) is 18.2 Å². The molecule has 0 unspecified atom stereocenters. The molecule has 9 heteroatoms. The van der Waals surface area contributed by atoms with E-state index >= 15 is 0 Å². The molecule has 0 bridgehead atoms. The van der Waals surface area contributed by atoms with E-state index in [9.17, 15) is 14.4 Å². The highest BCUT2D eigenvalue weighted by molar-refractivity contribution is 6.00. The van der Waals surface area contributed by atoms with Crippen molar-refractivity contribution in [3.63, 3.8) is 0 Å². The summed E-state index contributed by atoms with van der Waals surface area (Å²) in [4.78, 5) is 38.9. The molecule has 0 radical (unpaired) electrons. The number of anilines is 1. The zero-order valence-corrected chi connectivity index (χ0v) is 18.6. The lowest BCUT2D eigenvalue weighted by atomic mass is 9.94. The minimum absolute atomic E-state index is 0.0185. The third kappa shape index (κ3) is 5.39. The summed E-state index contributed by atoms with van der Waals surface area (Å²) in [6, 6.07) is 4.84. The molecule has 2 aliphatic heterocycles. The summed E-state index contributed by atoms with van der Waals surface area (Å²) in [6.45, 7) is 0.968. The van der Waals surface area contributed by atoms with Crippen molar-refractivity contribution in [2.75, 3.05) is 39.2 Å². The smallest absolute Gasteiger partial charge is 0.257 e. The van der Waals surface area contributed by atoms with E-state index in [0.717, 1.165) is 13.0 Å². The maximum absolute atomic E-state index is 13.2. The Morgan fingerprint density at radius 2 is 2.00 bits per heavy atom. The Kier molecular flexibility index (Phi) is 6.95. The van der Waals surface area contributed by atoms with E-state index in [1.165, 1.54) is 20.0 Å². The number of ether oxygens (including phenoxy) is 3. The Morgan fingerprint density at radius 1 is 1.19 bits per heavy atom. The van der Waals surface area contributed by atoms with Crippen LogP contribution in [0.2, 0.25) is 0 Å². The van der Waals surface area contributed by atoms with Crippen LogP contribution in [0.1, 0.15) is 42.5 Å². The number of rotatable bonds is 7. The van der Waals surface area contributed by atoms with Gasteiger partial charge in [0.05, 0.1) is 24.1 Å². The van der Waals surface area contributed by atoms with Gasteiger partial charge in [0.15, 0.2) is 0 Å². The van der Waals surface area contributed by atoms with E-state index in [-0.39, 0.29) is 49.2 Å². The first-order valence-electron chi connectivity index (χ1n) is 11.2. The maximum atomic E-state index is 13.2. The molecule has 2 heterocycles. The summed E-state index contributed by atoms with van der Waals surface area (Å²) < 4.78 is 17.0. The number of nitrogens with zero attached hydrogens (tertiary/aromatic N) is 1. The van der Waals surface area contributed by atoms with Crippen LogP contribution >= 0.6 is 0 Å². The van der Waals surface area contributed by atoms with Crippen molar-refractivity contribution in [2.45, 2.75) is 50.4 Å². The van der Waals surface area contributed by atoms with Crippen LogP contribution in [0.5, 0.6) is 5.75 Å². The van der Waals surface area contributed by atoms with E-state index < -0.39 is 0 Å². The third-order valence-corrected chi connectivity index (χ3v) is 6.27. The number of carbonyl (C=O) groups excluding carboxylic acids is 3. The van der Waals surface area contributed by atoms with Gasteiger partial charge < -0.3 is 29.7 Å². The Bertz CT molecular complexity index is 871. The highest BCUT2D eigenvalue weighted by Gasteiger charge is 2.39. The van der Waals surface area contributed by atoms with Crippen LogP contribution in [0.25, 0.3) is 0 Å². The van der Waals surface area contributed by atoms with Crippen LogP contribution in [-0.2, 0) is 19.1 Å². The van der Waals surface area contributed by atoms with E-state index in [1.807, 2.05) is 0 Å². The van der Waals surface area contributed by atoms with Gasteiger partial charge in [-0.05, 0) is 49.8 Å². The first-order valence-corrected chi connectivity index (χ1v) is 11.2. The zero-order chi connectivity index (χ0) is 22.7. The number of hydrogen-bond acceptors (Lipinski definition) is 6. The Balaban J connectivity index is 1.41. The van der Waals surface area contributed by atoms with Crippen LogP contribution in [0.3, 0.4) is 0 Å². The van der Waals surface area contributed by atoms with Crippen molar-refractivity contribution in [1.29, 1.82) is 0 Å². The molecule has 1 aromatic carbocycles. The quantitative estimate of drug-likeness (QED) is 0.660. The molecule has 1 saturated heterocycles. The number of carbonyl (C=O) groups is 3. The molecule has 2 N–H and O–H groups in total. The normalized spacial score (nSPS) is 25.0. The lowest BCUT2D eigenvalue weighted by molar-refractivity contribution is -0.134. The molecule has 1 saturated carbocycles. The molecule has 2 fully saturated rings. The maximum Gasteiger partial charge on any atom is 0.257 e. The monoisotopic (exact) mass is 445 g/mol. The molecule has 32 heavy (non-hydrogen) atoms. The van der Waals surface area contributed by atoms with Gasteiger partial charge in [-0.15, -0.1) is 0 Å². The van der Waals surface area contributed by atoms with Crippen molar-refractivity contribution >= 4 is 23.4 Å². The van der Waals surface area contributed by atoms with Gasteiger partial charge >= 0.3 is 0 Å². The van der Waals surface area contributed by atoms with Gasteiger partial charge in [-0.1, -0.05) is 0 Å². The van der Waals surface area contributed by atoms with Crippen LogP contribution in [-0.4, -0.2) is 74.8 Å². The molecule has 3 aliphatic rings. The molecule has 0 spiro atoms. The van der Waals surface area contributed by atoms with Gasteiger partial charge in [0.2, 0.25) is 11.8 Å². The molecule has 1 aliphatic carbocycles. The number of likely N-dealkylation sites (N-methyl/N-ethyl adjacent to an activating group) is 1. The summed E-state index contributed by atoms with van der Waals surface area (Å²) in [6.07, 6.45) is 3.67. The standard InChI is InChI=1S/C23H31N3O6/c1-26-18-7-6-16(10-21(27)24-11-14-3-4-14)32-20(18)12-31-19-8-5-15(9-17(19)23(26)29)25-22(28)13-30-2/h5,8-9,14,16,18,20H,3-4,6-7,10-13H2,1-2H3,(H,24,27)(H,25,28)/t16-,18+,20+/m0/s1. The number of benzene rings is 1. The molecule has 9 nitrogen and oxygen atoms in total. The Morgan fingerprint density at radius 3 is 2.75 bits per heavy atom. The minimum atomic E-state index is -0.312. The molecular formula is C23H31N3O6.